The zero-order chi connectivity index (χ0) is 11.4. The van der Waals surface area contributed by atoms with Crippen LogP contribution in [0.25, 0.3) is 0 Å². The second kappa shape index (κ2) is 5.67. The molecule has 2 rings (SSSR count). The lowest BCUT2D eigenvalue weighted by atomic mass is 9.84. The van der Waals surface area contributed by atoms with E-state index >= 15 is 0 Å². The van der Waals surface area contributed by atoms with E-state index < -0.39 is 0 Å². The lowest BCUT2D eigenvalue weighted by molar-refractivity contribution is 0.328. The van der Waals surface area contributed by atoms with E-state index in [1.807, 2.05) is 18.3 Å². The van der Waals surface area contributed by atoms with E-state index in [1.165, 1.54) is 32.1 Å². The first kappa shape index (κ1) is 11.9. The van der Waals surface area contributed by atoms with Crippen LogP contribution in [0.1, 0.15) is 39.0 Å². The Bertz CT molecular complexity index is 334. The van der Waals surface area contributed by atoms with E-state index in [4.69, 9.17) is 0 Å². The number of hydrogen-bond acceptors (Lipinski definition) is 2. The van der Waals surface area contributed by atoms with Crippen molar-refractivity contribution in [1.29, 1.82) is 0 Å². The van der Waals surface area contributed by atoms with Crippen LogP contribution in [0, 0.1) is 5.92 Å². The van der Waals surface area contributed by atoms with Crippen molar-refractivity contribution in [2.24, 2.45) is 5.92 Å². The molecule has 0 saturated heterocycles. The number of aromatic nitrogens is 1. The van der Waals surface area contributed by atoms with Gasteiger partial charge in [-0.1, -0.05) is 19.3 Å². The van der Waals surface area contributed by atoms with E-state index in [-0.39, 0.29) is 0 Å². The third kappa shape index (κ3) is 2.97. The molecule has 1 heterocycles. The van der Waals surface area contributed by atoms with Crippen LogP contribution in [0.15, 0.2) is 22.8 Å². The van der Waals surface area contributed by atoms with Crippen LogP contribution in [0.4, 0.5) is 5.82 Å². The minimum Gasteiger partial charge on any atom is -0.366 e. The van der Waals surface area contributed by atoms with Crippen LogP contribution >= 0.6 is 15.9 Å². The average molecular weight is 283 g/mol. The molecule has 2 nitrogen and oxygen atoms in total. The summed E-state index contributed by atoms with van der Waals surface area (Å²) in [5.41, 5.74) is 0. The summed E-state index contributed by atoms with van der Waals surface area (Å²) in [7, 11) is 0. The van der Waals surface area contributed by atoms with Gasteiger partial charge < -0.3 is 5.32 Å². The van der Waals surface area contributed by atoms with Crippen molar-refractivity contribution in [2.75, 3.05) is 5.32 Å². The Hall–Kier alpha value is -0.570. The van der Waals surface area contributed by atoms with E-state index in [2.05, 4.69) is 33.2 Å². The minimum absolute atomic E-state index is 0.520. The molecule has 1 atom stereocenters. The van der Waals surface area contributed by atoms with Gasteiger partial charge in [0, 0.05) is 12.2 Å². The molecule has 1 aromatic rings. The Morgan fingerprint density at radius 2 is 2.12 bits per heavy atom. The highest BCUT2D eigenvalue weighted by Crippen LogP contribution is 2.29. The summed E-state index contributed by atoms with van der Waals surface area (Å²) in [5.74, 6) is 1.78. The fourth-order valence-electron chi connectivity index (χ4n) is 2.46. The van der Waals surface area contributed by atoms with Gasteiger partial charge in [0.1, 0.15) is 5.82 Å². The van der Waals surface area contributed by atoms with Crippen LogP contribution in [-0.4, -0.2) is 11.0 Å². The highest BCUT2D eigenvalue weighted by Gasteiger charge is 2.20. The van der Waals surface area contributed by atoms with Crippen molar-refractivity contribution in [3.8, 4) is 0 Å². The zero-order valence-corrected chi connectivity index (χ0v) is 11.3. The van der Waals surface area contributed by atoms with Gasteiger partial charge >= 0.3 is 0 Å². The largest absolute Gasteiger partial charge is 0.366 e. The van der Waals surface area contributed by atoms with Gasteiger partial charge in [-0.2, -0.15) is 0 Å². The molecule has 0 aliphatic heterocycles. The van der Waals surface area contributed by atoms with Gasteiger partial charge in [-0.3, -0.25) is 0 Å². The molecule has 1 unspecified atom stereocenters. The average Bonchev–Trinajstić information content (AvgIpc) is 2.33. The SMILES string of the molecule is CC(Nc1ncccc1Br)C1CCCCC1. The molecule has 3 heteroatoms. The second-order valence-electron chi connectivity index (χ2n) is 4.66. The summed E-state index contributed by atoms with van der Waals surface area (Å²) in [6.07, 6.45) is 8.74. The number of rotatable bonds is 3. The van der Waals surface area contributed by atoms with Crippen molar-refractivity contribution in [1.82, 2.24) is 4.98 Å². The summed E-state index contributed by atoms with van der Waals surface area (Å²) in [6.45, 7) is 2.27. The molecule has 0 bridgehead atoms. The Morgan fingerprint density at radius 1 is 1.38 bits per heavy atom. The fourth-order valence-corrected chi connectivity index (χ4v) is 2.83. The molecule has 1 aliphatic rings. The molecule has 1 saturated carbocycles. The lowest BCUT2D eigenvalue weighted by Gasteiger charge is -2.28. The Labute approximate surface area is 106 Å². The first-order valence-electron chi connectivity index (χ1n) is 6.14. The third-order valence-corrected chi connectivity index (χ3v) is 4.12. The van der Waals surface area contributed by atoms with Gasteiger partial charge in [-0.15, -0.1) is 0 Å². The van der Waals surface area contributed by atoms with Crippen molar-refractivity contribution < 1.29 is 0 Å². The van der Waals surface area contributed by atoms with Crippen LogP contribution in [-0.2, 0) is 0 Å². The van der Waals surface area contributed by atoms with E-state index in [0.29, 0.717) is 6.04 Å². The van der Waals surface area contributed by atoms with Gasteiger partial charge in [-0.05, 0) is 53.7 Å². The van der Waals surface area contributed by atoms with Crippen molar-refractivity contribution >= 4 is 21.7 Å². The molecule has 88 valence electrons. The molecule has 0 spiro atoms. The van der Waals surface area contributed by atoms with Gasteiger partial charge in [0.2, 0.25) is 0 Å². The summed E-state index contributed by atoms with van der Waals surface area (Å²) in [5, 5.41) is 3.52. The van der Waals surface area contributed by atoms with Gasteiger partial charge in [0.15, 0.2) is 0 Å². The molecular weight excluding hydrogens is 264 g/mol. The van der Waals surface area contributed by atoms with Crippen LogP contribution in [0.2, 0.25) is 0 Å². The standard InChI is InChI=1S/C13H19BrN2/c1-10(11-6-3-2-4-7-11)16-13-12(14)8-5-9-15-13/h5,8-11H,2-4,6-7H2,1H3,(H,15,16). The number of hydrogen-bond donors (Lipinski definition) is 1. The third-order valence-electron chi connectivity index (χ3n) is 3.48. The maximum atomic E-state index is 4.36. The smallest absolute Gasteiger partial charge is 0.140 e. The normalized spacial score (nSPS) is 19.4. The van der Waals surface area contributed by atoms with Gasteiger partial charge in [0.25, 0.3) is 0 Å². The maximum absolute atomic E-state index is 4.36. The minimum atomic E-state index is 0.520. The molecule has 16 heavy (non-hydrogen) atoms. The molecule has 1 fully saturated rings. The monoisotopic (exact) mass is 282 g/mol. The molecular formula is C13H19BrN2. The van der Waals surface area contributed by atoms with E-state index in [0.717, 1.165) is 16.2 Å². The molecule has 0 aromatic carbocycles. The quantitative estimate of drug-likeness (QED) is 0.898. The Balaban J connectivity index is 1.96. The van der Waals surface area contributed by atoms with Crippen LogP contribution < -0.4 is 5.32 Å². The predicted molar refractivity (Wildman–Crippen MR) is 71.6 cm³/mol. The topological polar surface area (TPSA) is 24.9 Å². The van der Waals surface area contributed by atoms with E-state index in [1.54, 1.807) is 0 Å². The first-order chi connectivity index (χ1) is 7.77. The Morgan fingerprint density at radius 3 is 2.81 bits per heavy atom. The number of nitrogens with zero attached hydrogens (tertiary/aromatic N) is 1. The zero-order valence-electron chi connectivity index (χ0n) is 9.75. The lowest BCUT2D eigenvalue weighted by Crippen LogP contribution is -2.28. The van der Waals surface area contributed by atoms with Gasteiger partial charge in [0.05, 0.1) is 4.47 Å². The summed E-state index contributed by atoms with van der Waals surface area (Å²) in [4.78, 5) is 4.36. The predicted octanol–water partition coefficient (Wildman–Crippen LogP) is 4.22. The molecule has 1 N–H and O–H groups in total. The number of pyridine rings is 1. The molecule has 0 amide bonds. The fraction of sp³-hybridized carbons (Fsp3) is 0.615. The van der Waals surface area contributed by atoms with Gasteiger partial charge in [-0.25, -0.2) is 4.98 Å². The first-order valence-corrected chi connectivity index (χ1v) is 6.93. The number of anilines is 1. The Kier molecular flexibility index (Phi) is 4.22. The van der Waals surface area contributed by atoms with Crippen LogP contribution in [0.3, 0.4) is 0 Å². The molecule has 0 radical (unpaired) electrons. The molecule has 1 aromatic heterocycles. The highest BCUT2D eigenvalue weighted by molar-refractivity contribution is 9.10. The van der Waals surface area contributed by atoms with Crippen LogP contribution in [0.5, 0.6) is 0 Å². The highest BCUT2D eigenvalue weighted by atomic mass is 79.9. The summed E-state index contributed by atoms with van der Waals surface area (Å²) >= 11 is 3.52. The van der Waals surface area contributed by atoms with Crippen molar-refractivity contribution in [2.45, 2.75) is 45.1 Å². The summed E-state index contributed by atoms with van der Waals surface area (Å²) in [6, 6.07) is 4.50. The number of halogens is 1. The maximum Gasteiger partial charge on any atom is 0.140 e. The molecule has 1 aliphatic carbocycles. The van der Waals surface area contributed by atoms with E-state index in [9.17, 15) is 0 Å². The number of nitrogens with one attached hydrogen (secondary N) is 1. The van der Waals surface area contributed by atoms with Crippen molar-refractivity contribution in [3.63, 3.8) is 0 Å². The summed E-state index contributed by atoms with van der Waals surface area (Å²) < 4.78 is 1.05. The van der Waals surface area contributed by atoms with Crippen molar-refractivity contribution in [3.05, 3.63) is 22.8 Å². The second-order valence-corrected chi connectivity index (χ2v) is 5.52.